The van der Waals surface area contributed by atoms with Gasteiger partial charge in [-0.1, -0.05) is 13.8 Å². The van der Waals surface area contributed by atoms with Gasteiger partial charge in [0.1, 0.15) is 0 Å². The summed E-state index contributed by atoms with van der Waals surface area (Å²) in [5, 5.41) is 11.2. The molecule has 0 aliphatic rings. The summed E-state index contributed by atoms with van der Waals surface area (Å²) < 4.78 is 2.30. The first-order valence-corrected chi connectivity index (χ1v) is 8.22. The average molecular weight is 335 g/mol. The molecule has 132 valence electrons. The SMILES string of the molecule is CCN(CC)CCCNCc1nnc2c(n1)c(=O)n(C)c(=O)n2C. The molecule has 0 saturated carbocycles. The lowest BCUT2D eigenvalue weighted by Crippen LogP contribution is -2.38. The Morgan fingerprint density at radius 3 is 2.46 bits per heavy atom. The van der Waals surface area contributed by atoms with Gasteiger partial charge in [0.2, 0.25) is 0 Å². The molecule has 1 N–H and O–H groups in total. The fourth-order valence-corrected chi connectivity index (χ4v) is 2.53. The lowest BCUT2D eigenvalue weighted by atomic mass is 10.3. The summed E-state index contributed by atoms with van der Waals surface area (Å²) in [6.07, 6.45) is 1.03. The van der Waals surface area contributed by atoms with Crippen LogP contribution in [0.2, 0.25) is 0 Å². The number of nitrogens with one attached hydrogen (secondary N) is 1. The van der Waals surface area contributed by atoms with E-state index in [1.165, 1.54) is 11.6 Å². The summed E-state index contributed by atoms with van der Waals surface area (Å²) in [5.41, 5.74) is -0.528. The quantitative estimate of drug-likeness (QED) is 0.633. The van der Waals surface area contributed by atoms with Gasteiger partial charge in [0.25, 0.3) is 5.56 Å². The van der Waals surface area contributed by atoms with Crippen molar-refractivity contribution < 1.29 is 0 Å². The number of aryl methyl sites for hydroxylation is 1. The van der Waals surface area contributed by atoms with Crippen molar-refractivity contribution in [3.8, 4) is 0 Å². The fraction of sp³-hybridized carbons (Fsp3) is 0.667. The lowest BCUT2D eigenvalue weighted by molar-refractivity contribution is 0.297. The number of hydrogen-bond donors (Lipinski definition) is 1. The smallest absolute Gasteiger partial charge is 0.310 e. The van der Waals surface area contributed by atoms with Gasteiger partial charge in [-0.25, -0.2) is 9.78 Å². The van der Waals surface area contributed by atoms with E-state index >= 15 is 0 Å². The molecule has 0 bridgehead atoms. The summed E-state index contributed by atoms with van der Waals surface area (Å²) in [7, 11) is 2.98. The molecular formula is C15H25N7O2. The molecule has 9 heteroatoms. The second-order valence-electron chi connectivity index (χ2n) is 5.66. The molecule has 0 radical (unpaired) electrons. The predicted octanol–water partition coefficient (Wildman–Crippen LogP) is -0.756. The zero-order chi connectivity index (χ0) is 17.7. The van der Waals surface area contributed by atoms with Crippen LogP contribution < -0.4 is 16.6 Å². The Hall–Kier alpha value is -2.13. The van der Waals surface area contributed by atoms with Gasteiger partial charge in [0.15, 0.2) is 17.0 Å². The van der Waals surface area contributed by atoms with Gasteiger partial charge in [0, 0.05) is 14.1 Å². The standard InChI is InChI=1S/C15H25N7O2/c1-5-22(6-2)9-7-8-16-10-11-17-12-13(19-18-11)20(3)15(24)21(4)14(12)23/h16H,5-10H2,1-4H3. The summed E-state index contributed by atoms with van der Waals surface area (Å²) in [6.45, 7) is 8.72. The Morgan fingerprint density at radius 1 is 1.08 bits per heavy atom. The van der Waals surface area contributed by atoms with Crippen molar-refractivity contribution in [2.45, 2.75) is 26.8 Å². The molecule has 2 heterocycles. The third-order valence-corrected chi connectivity index (χ3v) is 4.12. The van der Waals surface area contributed by atoms with E-state index in [1.807, 2.05) is 0 Å². The maximum atomic E-state index is 12.2. The van der Waals surface area contributed by atoms with Crippen molar-refractivity contribution in [3.05, 3.63) is 26.7 Å². The molecule has 0 aliphatic heterocycles. The molecule has 0 unspecified atom stereocenters. The Kier molecular flexibility index (Phi) is 6.16. The minimum Gasteiger partial charge on any atom is -0.310 e. The number of hydrogen-bond acceptors (Lipinski definition) is 7. The number of fused-ring (bicyclic) bond motifs is 1. The zero-order valence-corrected chi connectivity index (χ0v) is 14.7. The van der Waals surface area contributed by atoms with E-state index in [2.05, 4.69) is 39.2 Å². The van der Waals surface area contributed by atoms with Crippen molar-refractivity contribution in [3.63, 3.8) is 0 Å². The molecule has 0 atom stereocenters. The van der Waals surface area contributed by atoms with Crippen LogP contribution in [-0.2, 0) is 20.6 Å². The van der Waals surface area contributed by atoms with Crippen LogP contribution in [0.1, 0.15) is 26.1 Å². The molecule has 2 aromatic rings. The van der Waals surface area contributed by atoms with Gasteiger partial charge in [0.05, 0.1) is 6.54 Å². The maximum absolute atomic E-state index is 12.2. The van der Waals surface area contributed by atoms with Crippen LogP contribution in [0.25, 0.3) is 11.2 Å². The lowest BCUT2D eigenvalue weighted by Gasteiger charge is -2.17. The Morgan fingerprint density at radius 2 is 1.79 bits per heavy atom. The Balaban J connectivity index is 2.04. The average Bonchev–Trinajstić information content (AvgIpc) is 2.61. The summed E-state index contributed by atoms with van der Waals surface area (Å²) in [5.74, 6) is 0.445. The number of nitrogens with zero attached hydrogens (tertiary/aromatic N) is 6. The van der Waals surface area contributed by atoms with E-state index in [0.717, 1.165) is 37.2 Å². The summed E-state index contributed by atoms with van der Waals surface area (Å²) in [6, 6.07) is 0. The molecular weight excluding hydrogens is 310 g/mol. The van der Waals surface area contributed by atoms with Crippen molar-refractivity contribution in [2.75, 3.05) is 26.2 Å². The van der Waals surface area contributed by atoms with E-state index in [4.69, 9.17) is 0 Å². The largest absolute Gasteiger partial charge is 0.332 e. The van der Waals surface area contributed by atoms with Gasteiger partial charge >= 0.3 is 5.69 Å². The first kappa shape index (κ1) is 18.2. The Bertz CT molecular complexity index is 808. The minimum atomic E-state index is -0.453. The van der Waals surface area contributed by atoms with Crippen LogP contribution in [0.4, 0.5) is 0 Å². The van der Waals surface area contributed by atoms with Crippen LogP contribution in [0.15, 0.2) is 9.59 Å². The third-order valence-electron chi connectivity index (χ3n) is 4.12. The van der Waals surface area contributed by atoms with Gasteiger partial charge < -0.3 is 10.2 Å². The number of aromatic nitrogens is 5. The Labute approximate surface area is 140 Å². The van der Waals surface area contributed by atoms with E-state index in [1.54, 1.807) is 7.05 Å². The van der Waals surface area contributed by atoms with Crippen LogP contribution in [0, 0.1) is 0 Å². The van der Waals surface area contributed by atoms with Gasteiger partial charge in [-0.05, 0) is 32.6 Å². The fourth-order valence-electron chi connectivity index (χ4n) is 2.53. The highest BCUT2D eigenvalue weighted by Crippen LogP contribution is 1.99. The summed E-state index contributed by atoms with van der Waals surface area (Å²) in [4.78, 5) is 30.6. The molecule has 0 fully saturated rings. The highest BCUT2D eigenvalue weighted by molar-refractivity contribution is 5.67. The van der Waals surface area contributed by atoms with Crippen LogP contribution in [0.5, 0.6) is 0 Å². The molecule has 0 aliphatic carbocycles. The highest BCUT2D eigenvalue weighted by atomic mass is 16.2. The third kappa shape index (κ3) is 3.85. The second kappa shape index (κ2) is 8.11. The topological polar surface area (TPSA) is 97.9 Å². The van der Waals surface area contributed by atoms with Gasteiger partial charge in [-0.15, -0.1) is 10.2 Å². The van der Waals surface area contributed by atoms with E-state index in [9.17, 15) is 9.59 Å². The molecule has 2 aromatic heterocycles. The van der Waals surface area contributed by atoms with Gasteiger partial charge in [-0.3, -0.25) is 13.9 Å². The summed E-state index contributed by atoms with van der Waals surface area (Å²) >= 11 is 0. The first-order chi connectivity index (χ1) is 11.5. The molecule has 0 spiro atoms. The molecule has 24 heavy (non-hydrogen) atoms. The predicted molar refractivity (Wildman–Crippen MR) is 91.9 cm³/mol. The van der Waals surface area contributed by atoms with E-state index < -0.39 is 11.2 Å². The van der Waals surface area contributed by atoms with Crippen molar-refractivity contribution in [2.24, 2.45) is 14.1 Å². The van der Waals surface area contributed by atoms with Gasteiger partial charge in [-0.2, -0.15) is 0 Å². The number of rotatable bonds is 8. The molecule has 0 amide bonds. The van der Waals surface area contributed by atoms with Crippen LogP contribution in [0.3, 0.4) is 0 Å². The molecule has 9 nitrogen and oxygen atoms in total. The van der Waals surface area contributed by atoms with Crippen LogP contribution in [-0.4, -0.2) is 55.4 Å². The zero-order valence-electron chi connectivity index (χ0n) is 14.7. The molecule has 0 saturated heterocycles. The second-order valence-corrected chi connectivity index (χ2v) is 5.66. The van der Waals surface area contributed by atoms with Crippen molar-refractivity contribution >= 4 is 11.2 Å². The first-order valence-electron chi connectivity index (χ1n) is 8.22. The monoisotopic (exact) mass is 335 g/mol. The minimum absolute atomic E-state index is 0.162. The maximum Gasteiger partial charge on any atom is 0.332 e. The van der Waals surface area contributed by atoms with Crippen molar-refractivity contribution in [1.82, 2.24) is 34.5 Å². The highest BCUT2D eigenvalue weighted by Gasteiger charge is 2.12. The van der Waals surface area contributed by atoms with E-state index in [0.29, 0.717) is 12.4 Å². The molecule has 2 rings (SSSR count). The molecule has 0 aromatic carbocycles. The van der Waals surface area contributed by atoms with Crippen LogP contribution >= 0.6 is 0 Å². The normalized spacial score (nSPS) is 11.5. The van der Waals surface area contributed by atoms with E-state index in [-0.39, 0.29) is 11.2 Å². The van der Waals surface area contributed by atoms with Crippen molar-refractivity contribution in [1.29, 1.82) is 0 Å².